The predicted octanol–water partition coefficient (Wildman–Crippen LogP) is 1.18. The molecule has 0 radical (unpaired) electrons. The number of carbonyl (C=O) groups is 1. The summed E-state index contributed by atoms with van der Waals surface area (Å²) in [4.78, 5) is 14.4. The second-order valence-electron chi connectivity index (χ2n) is 2.04. The van der Waals surface area contributed by atoms with Gasteiger partial charge in [-0.15, -0.1) is 5.11 Å². The summed E-state index contributed by atoms with van der Waals surface area (Å²) >= 11 is 0. The Kier molecular flexibility index (Phi) is 2.43. The van der Waals surface area contributed by atoms with Gasteiger partial charge in [0.2, 0.25) is 0 Å². The van der Waals surface area contributed by atoms with E-state index in [9.17, 15) is 4.79 Å². The van der Waals surface area contributed by atoms with Crippen molar-refractivity contribution < 1.29 is 4.79 Å². The van der Waals surface area contributed by atoms with Gasteiger partial charge >= 0.3 is 0 Å². The zero-order chi connectivity index (χ0) is 8.10. The zero-order valence-electron chi connectivity index (χ0n) is 5.82. The minimum atomic E-state index is -0.446. The molecular weight excluding hydrogens is 142 g/mol. The molecule has 0 saturated carbocycles. The summed E-state index contributed by atoms with van der Waals surface area (Å²) < 4.78 is 0. The van der Waals surface area contributed by atoms with Gasteiger partial charge in [0.25, 0.3) is 5.91 Å². The molecule has 1 amide bonds. The maximum Gasteiger partial charge on any atom is 0.268 e. The molecule has 0 aromatic carbocycles. The lowest BCUT2D eigenvalue weighted by Gasteiger charge is -1.92. The van der Waals surface area contributed by atoms with Crippen LogP contribution in [0.4, 0.5) is 0 Å². The lowest BCUT2D eigenvalue weighted by atomic mass is 10.2. The van der Waals surface area contributed by atoms with Crippen molar-refractivity contribution in [2.75, 3.05) is 0 Å². The summed E-state index contributed by atoms with van der Waals surface area (Å²) in [6.07, 6.45) is 3.38. The third-order valence-corrected chi connectivity index (χ3v) is 1.20. The minimum Gasteiger partial charge on any atom is -0.271 e. The molecule has 1 rings (SSSR count). The smallest absolute Gasteiger partial charge is 0.268 e. The van der Waals surface area contributed by atoms with E-state index >= 15 is 0 Å². The van der Waals surface area contributed by atoms with Gasteiger partial charge in [-0.1, -0.05) is 6.07 Å². The number of nitrogens with one attached hydrogen (secondary N) is 1. The van der Waals surface area contributed by atoms with Crippen molar-refractivity contribution in [1.29, 1.82) is 5.53 Å². The van der Waals surface area contributed by atoms with Crippen LogP contribution in [-0.2, 0) is 11.2 Å². The van der Waals surface area contributed by atoms with Crippen molar-refractivity contribution in [2.45, 2.75) is 6.42 Å². The lowest BCUT2D eigenvalue weighted by Crippen LogP contribution is -1.97. The number of hydrogen-bond acceptors (Lipinski definition) is 3. The number of carbonyl (C=O) groups excluding carboxylic acids is 1. The topological polar surface area (TPSA) is 66.2 Å². The van der Waals surface area contributed by atoms with E-state index in [0.717, 1.165) is 5.56 Å². The third kappa shape index (κ3) is 2.25. The van der Waals surface area contributed by atoms with Crippen LogP contribution < -0.4 is 0 Å². The molecule has 0 saturated heterocycles. The maximum atomic E-state index is 10.6. The zero-order valence-corrected chi connectivity index (χ0v) is 5.82. The van der Waals surface area contributed by atoms with Crippen LogP contribution in [0.2, 0.25) is 0 Å². The van der Waals surface area contributed by atoms with Gasteiger partial charge < -0.3 is 0 Å². The summed E-state index contributed by atoms with van der Waals surface area (Å²) in [5, 5.41) is 2.77. The first-order chi connectivity index (χ1) is 5.33. The molecule has 4 heteroatoms. The highest BCUT2D eigenvalue weighted by Gasteiger charge is 1.99. The molecule has 0 aliphatic rings. The number of hydrogen-bond donors (Lipinski definition) is 1. The summed E-state index contributed by atoms with van der Waals surface area (Å²) in [6.45, 7) is 0. The number of pyridine rings is 1. The van der Waals surface area contributed by atoms with Gasteiger partial charge in [-0.2, -0.15) is 0 Å². The quantitative estimate of drug-likeness (QED) is 0.641. The van der Waals surface area contributed by atoms with E-state index in [-0.39, 0.29) is 6.42 Å². The second-order valence-corrected chi connectivity index (χ2v) is 2.04. The molecular formula is C7H7N3O. The first kappa shape index (κ1) is 7.53. The van der Waals surface area contributed by atoms with Crippen LogP contribution in [-0.4, -0.2) is 10.9 Å². The Hall–Kier alpha value is -1.58. The first-order valence-electron chi connectivity index (χ1n) is 3.12. The number of aromatic nitrogens is 1. The number of amides is 1. The minimum absolute atomic E-state index is 0.164. The fraction of sp³-hybridized carbons (Fsp3) is 0.143. The Labute approximate surface area is 63.8 Å². The fourth-order valence-corrected chi connectivity index (χ4v) is 0.717. The highest BCUT2D eigenvalue weighted by atomic mass is 16.1. The molecule has 0 aliphatic heterocycles. The molecule has 0 aliphatic carbocycles. The van der Waals surface area contributed by atoms with Gasteiger partial charge in [-0.3, -0.25) is 9.78 Å². The first-order valence-corrected chi connectivity index (χ1v) is 3.12. The Morgan fingerprint density at radius 3 is 3.09 bits per heavy atom. The Morgan fingerprint density at radius 1 is 1.73 bits per heavy atom. The van der Waals surface area contributed by atoms with E-state index in [1.165, 1.54) is 0 Å². The summed E-state index contributed by atoms with van der Waals surface area (Å²) in [6, 6.07) is 3.52. The van der Waals surface area contributed by atoms with Crippen LogP contribution in [0.5, 0.6) is 0 Å². The Balaban J connectivity index is 2.65. The average molecular weight is 149 g/mol. The lowest BCUT2D eigenvalue weighted by molar-refractivity contribution is -0.117. The van der Waals surface area contributed by atoms with Gasteiger partial charge in [0.1, 0.15) is 0 Å². The standard InChI is InChI=1S/C7H7N3O/c8-10-7(11)4-6-2-1-3-9-5-6/h1-3,5,8H,4H2. The van der Waals surface area contributed by atoms with Crippen molar-refractivity contribution >= 4 is 5.91 Å². The monoisotopic (exact) mass is 149 g/mol. The third-order valence-electron chi connectivity index (χ3n) is 1.20. The van der Waals surface area contributed by atoms with Crippen LogP contribution in [0.3, 0.4) is 0 Å². The molecule has 1 N–H and O–H groups in total. The molecule has 1 aromatic rings. The SMILES string of the molecule is N=NC(=O)Cc1cccnc1. The van der Waals surface area contributed by atoms with Crippen molar-refractivity contribution in [3.05, 3.63) is 30.1 Å². The molecule has 1 aromatic heterocycles. The largest absolute Gasteiger partial charge is 0.271 e. The van der Waals surface area contributed by atoms with Gasteiger partial charge in [-0.05, 0) is 11.6 Å². The van der Waals surface area contributed by atoms with Gasteiger partial charge in [0.15, 0.2) is 0 Å². The molecule has 0 atom stereocenters. The molecule has 56 valence electrons. The molecule has 0 spiro atoms. The molecule has 11 heavy (non-hydrogen) atoms. The summed E-state index contributed by atoms with van der Waals surface area (Å²) in [7, 11) is 0. The van der Waals surface area contributed by atoms with Crippen molar-refractivity contribution in [2.24, 2.45) is 5.11 Å². The van der Waals surface area contributed by atoms with E-state index in [1.807, 2.05) is 0 Å². The van der Waals surface area contributed by atoms with Crippen molar-refractivity contribution in [1.82, 2.24) is 4.98 Å². The number of nitrogens with zero attached hydrogens (tertiary/aromatic N) is 2. The molecule has 4 nitrogen and oxygen atoms in total. The highest BCUT2D eigenvalue weighted by Crippen LogP contribution is 1.97. The second kappa shape index (κ2) is 3.55. The average Bonchev–Trinajstić information content (AvgIpc) is 2.06. The van der Waals surface area contributed by atoms with Crippen molar-refractivity contribution in [3.8, 4) is 0 Å². The Bertz CT molecular complexity index is 258. The Morgan fingerprint density at radius 2 is 2.55 bits per heavy atom. The van der Waals surface area contributed by atoms with Crippen LogP contribution in [0.25, 0.3) is 0 Å². The van der Waals surface area contributed by atoms with Gasteiger partial charge in [-0.25, -0.2) is 5.53 Å². The highest BCUT2D eigenvalue weighted by molar-refractivity contribution is 5.78. The van der Waals surface area contributed by atoms with Crippen molar-refractivity contribution in [3.63, 3.8) is 0 Å². The molecule has 0 fully saturated rings. The van der Waals surface area contributed by atoms with Gasteiger partial charge in [0.05, 0.1) is 6.42 Å². The van der Waals surface area contributed by atoms with E-state index < -0.39 is 5.91 Å². The van der Waals surface area contributed by atoms with Crippen LogP contribution in [0, 0.1) is 5.53 Å². The van der Waals surface area contributed by atoms with E-state index in [1.54, 1.807) is 24.5 Å². The normalized spacial score (nSPS) is 9.09. The van der Waals surface area contributed by atoms with E-state index in [4.69, 9.17) is 5.53 Å². The maximum absolute atomic E-state index is 10.6. The van der Waals surface area contributed by atoms with Crippen LogP contribution >= 0.6 is 0 Å². The van der Waals surface area contributed by atoms with E-state index in [0.29, 0.717) is 0 Å². The fourth-order valence-electron chi connectivity index (χ4n) is 0.717. The molecule has 0 unspecified atom stereocenters. The number of rotatable bonds is 2. The molecule has 1 heterocycles. The van der Waals surface area contributed by atoms with Gasteiger partial charge in [0, 0.05) is 12.4 Å². The van der Waals surface area contributed by atoms with E-state index in [2.05, 4.69) is 10.1 Å². The summed E-state index contributed by atoms with van der Waals surface area (Å²) in [5.41, 5.74) is 7.20. The van der Waals surface area contributed by atoms with Crippen LogP contribution in [0.1, 0.15) is 5.56 Å². The van der Waals surface area contributed by atoms with Crippen LogP contribution in [0.15, 0.2) is 29.6 Å². The summed E-state index contributed by atoms with van der Waals surface area (Å²) in [5.74, 6) is -0.446. The molecule has 0 bridgehead atoms. The predicted molar refractivity (Wildman–Crippen MR) is 38.1 cm³/mol.